The number of rotatable bonds is 6. The van der Waals surface area contributed by atoms with Gasteiger partial charge in [-0.3, -0.25) is 4.79 Å². The van der Waals surface area contributed by atoms with Gasteiger partial charge in [-0.1, -0.05) is 11.6 Å². The van der Waals surface area contributed by atoms with Crippen LogP contribution in [0.2, 0.25) is 5.02 Å². The molecule has 0 aromatic carbocycles. The fraction of sp³-hybridized carbons (Fsp3) is 0.200. The lowest BCUT2D eigenvalue weighted by molar-refractivity contribution is -0.138. The standard InChI is InChI=1S/C10H9BrClN3O4S2/c11-9-6(12)2-8(20-9)21(18,19)15-7(10(16)17)1-5-3-13-4-14-5/h2-4,7,15H,1H2,(H,13,14)(H,16,17). The first-order valence-electron chi connectivity index (χ1n) is 5.47. The lowest BCUT2D eigenvalue weighted by Crippen LogP contribution is -2.42. The molecule has 1 atom stereocenters. The van der Waals surface area contributed by atoms with Crippen LogP contribution in [0.4, 0.5) is 0 Å². The fourth-order valence-corrected chi connectivity index (χ4v) is 5.10. The number of carboxylic acids is 1. The van der Waals surface area contributed by atoms with E-state index in [1.807, 2.05) is 0 Å². The van der Waals surface area contributed by atoms with Crippen molar-refractivity contribution in [1.82, 2.24) is 14.7 Å². The minimum Gasteiger partial charge on any atom is -0.480 e. The zero-order valence-corrected chi connectivity index (χ0v) is 14.2. The molecule has 2 aromatic heterocycles. The minimum absolute atomic E-state index is 0.0468. The summed E-state index contributed by atoms with van der Waals surface area (Å²) in [5.74, 6) is -1.28. The lowest BCUT2D eigenvalue weighted by atomic mass is 10.2. The second kappa shape index (κ2) is 6.44. The van der Waals surface area contributed by atoms with E-state index >= 15 is 0 Å². The number of hydrogen-bond donors (Lipinski definition) is 3. The smallest absolute Gasteiger partial charge is 0.322 e. The number of carboxylic acid groups (broad SMARTS) is 1. The number of carbonyl (C=O) groups is 1. The fourth-order valence-electron chi connectivity index (χ4n) is 1.50. The largest absolute Gasteiger partial charge is 0.480 e. The van der Waals surface area contributed by atoms with Crippen LogP contribution in [0.25, 0.3) is 0 Å². The highest BCUT2D eigenvalue weighted by atomic mass is 79.9. The molecule has 0 spiro atoms. The predicted octanol–water partition coefficient (Wildman–Crippen LogP) is 1.86. The second-order valence-corrected chi connectivity index (χ2v) is 8.70. The third kappa shape index (κ3) is 4.04. The highest BCUT2D eigenvalue weighted by Crippen LogP contribution is 2.34. The van der Waals surface area contributed by atoms with Crippen molar-refractivity contribution in [2.24, 2.45) is 0 Å². The van der Waals surface area contributed by atoms with Crippen molar-refractivity contribution < 1.29 is 18.3 Å². The van der Waals surface area contributed by atoms with Crippen molar-refractivity contribution in [2.45, 2.75) is 16.7 Å². The molecule has 0 saturated heterocycles. The third-order valence-electron chi connectivity index (χ3n) is 2.46. The van der Waals surface area contributed by atoms with E-state index in [2.05, 4.69) is 30.6 Å². The SMILES string of the molecule is O=C(O)C(Cc1cnc[nH]1)NS(=O)(=O)c1cc(Cl)c(Br)s1. The molecule has 2 heterocycles. The van der Waals surface area contributed by atoms with Crippen molar-refractivity contribution in [3.63, 3.8) is 0 Å². The van der Waals surface area contributed by atoms with E-state index in [1.54, 1.807) is 0 Å². The van der Waals surface area contributed by atoms with Gasteiger partial charge in [0.25, 0.3) is 10.0 Å². The van der Waals surface area contributed by atoms with Gasteiger partial charge in [0.15, 0.2) is 0 Å². The van der Waals surface area contributed by atoms with E-state index < -0.39 is 22.0 Å². The number of sulfonamides is 1. The Kier molecular flexibility index (Phi) is 5.04. The van der Waals surface area contributed by atoms with Crippen LogP contribution in [0.3, 0.4) is 0 Å². The lowest BCUT2D eigenvalue weighted by Gasteiger charge is -2.12. The van der Waals surface area contributed by atoms with E-state index in [1.165, 1.54) is 18.6 Å². The van der Waals surface area contributed by atoms with Gasteiger partial charge in [-0.15, -0.1) is 11.3 Å². The first kappa shape index (κ1) is 16.4. The quantitative estimate of drug-likeness (QED) is 0.668. The number of H-pyrrole nitrogens is 1. The normalized spacial score (nSPS) is 13.2. The van der Waals surface area contributed by atoms with Gasteiger partial charge in [0, 0.05) is 18.3 Å². The van der Waals surface area contributed by atoms with Gasteiger partial charge < -0.3 is 10.1 Å². The van der Waals surface area contributed by atoms with Crippen molar-refractivity contribution in [3.8, 4) is 0 Å². The molecular formula is C10H9BrClN3O4S2. The van der Waals surface area contributed by atoms with Crippen LogP contribution in [-0.2, 0) is 21.2 Å². The number of thiophene rings is 1. The van der Waals surface area contributed by atoms with E-state index in [0.29, 0.717) is 9.48 Å². The maximum Gasteiger partial charge on any atom is 0.322 e. The molecule has 21 heavy (non-hydrogen) atoms. The summed E-state index contributed by atoms with van der Waals surface area (Å²) in [7, 11) is -3.97. The molecule has 0 fully saturated rings. The Labute approximate surface area is 137 Å². The number of aromatic nitrogens is 2. The Morgan fingerprint density at radius 3 is 2.81 bits per heavy atom. The minimum atomic E-state index is -3.97. The summed E-state index contributed by atoms with van der Waals surface area (Å²) in [4.78, 5) is 17.7. The Morgan fingerprint density at radius 2 is 2.33 bits per heavy atom. The van der Waals surface area contributed by atoms with Gasteiger partial charge >= 0.3 is 5.97 Å². The van der Waals surface area contributed by atoms with Crippen molar-refractivity contribution in [3.05, 3.63) is 33.1 Å². The summed E-state index contributed by atoms with van der Waals surface area (Å²) in [5.41, 5.74) is 0.510. The molecule has 3 N–H and O–H groups in total. The zero-order valence-electron chi connectivity index (χ0n) is 10.2. The molecule has 0 radical (unpaired) electrons. The average Bonchev–Trinajstić information content (AvgIpc) is 3.00. The molecule has 0 bridgehead atoms. The van der Waals surface area contributed by atoms with E-state index in [9.17, 15) is 13.2 Å². The summed E-state index contributed by atoms with van der Waals surface area (Å²) >= 11 is 9.81. The van der Waals surface area contributed by atoms with Gasteiger partial charge in [0.05, 0.1) is 15.1 Å². The van der Waals surface area contributed by atoms with E-state index in [4.69, 9.17) is 16.7 Å². The molecule has 7 nitrogen and oxygen atoms in total. The third-order valence-corrected chi connectivity index (χ3v) is 6.88. The number of hydrogen-bond acceptors (Lipinski definition) is 5. The van der Waals surface area contributed by atoms with Crippen LogP contribution in [0.1, 0.15) is 5.69 Å². The Balaban J connectivity index is 2.21. The molecule has 114 valence electrons. The Bertz CT molecular complexity index is 725. The molecule has 11 heteroatoms. The second-order valence-electron chi connectivity index (χ2n) is 3.98. The molecule has 2 rings (SSSR count). The van der Waals surface area contributed by atoms with E-state index in [0.717, 1.165) is 11.3 Å². The monoisotopic (exact) mass is 413 g/mol. The first-order chi connectivity index (χ1) is 9.79. The molecule has 0 aliphatic heterocycles. The van der Waals surface area contributed by atoms with Gasteiger partial charge in [-0.2, -0.15) is 4.72 Å². The van der Waals surface area contributed by atoms with Crippen molar-refractivity contribution in [2.75, 3.05) is 0 Å². The summed E-state index contributed by atoms with van der Waals surface area (Å²) in [6.45, 7) is 0. The summed E-state index contributed by atoms with van der Waals surface area (Å²) in [6, 6.07) is -0.0524. The van der Waals surface area contributed by atoms with Crippen molar-refractivity contribution in [1.29, 1.82) is 0 Å². The van der Waals surface area contributed by atoms with Gasteiger partial charge in [0.1, 0.15) is 10.3 Å². The summed E-state index contributed by atoms with van der Waals surface area (Å²) in [6.07, 6.45) is 2.77. The van der Waals surface area contributed by atoms with Crippen molar-refractivity contribution >= 4 is 54.9 Å². The van der Waals surface area contributed by atoms with Gasteiger partial charge in [-0.05, 0) is 22.0 Å². The zero-order chi connectivity index (χ0) is 15.6. The number of nitrogens with zero attached hydrogens (tertiary/aromatic N) is 1. The van der Waals surface area contributed by atoms with Crippen LogP contribution in [0.15, 0.2) is 26.6 Å². The van der Waals surface area contributed by atoms with Crippen LogP contribution in [0, 0.1) is 0 Å². The number of aliphatic carboxylic acids is 1. The molecule has 0 amide bonds. The average molecular weight is 415 g/mol. The molecule has 0 aliphatic carbocycles. The summed E-state index contributed by atoms with van der Waals surface area (Å²) in [5, 5.41) is 9.40. The van der Waals surface area contributed by atoms with Gasteiger partial charge in [-0.25, -0.2) is 13.4 Å². The topological polar surface area (TPSA) is 112 Å². The van der Waals surface area contributed by atoms with Crippen LogP contribution in [0.5, 0.6) is 0 Å². The predicted molar refractivity (Wildman–Crippen MR) is 81.1 cm³/mol. The Hall–Kier alpha value is -0.940. The Morgan fingerprint density at radius 1 is 1.62 bits per heavy atom. The van der Waals surface area contributed by atoms with E-state index in [-0.39, 0.29) is 15.7 Å². The van der Waals surface area contributed by atoms with Crippen LogP contribution in [-0.4, -0.2) is 35.5 Å². The maximum atomic E-state index is 12.2. The molecule has 2 aromatic rings. The summed E-state index contributed by atoms with van der Waals surface area (Å²) < 4.78 is 26.9. The number of halogens is 2. The maximum absolute atomic E-state index is 12.2. The first-order valence-corrected chi connectivity index (χ1v) is 8.94. The van der Waals surface area contributed by atoms with Crippen LogP contribution < -0.4 is 4.72 Å². The molecule has 0 aliphatic rings. The number of imidazole rings is 1. The number of nitrogens with one attached hydrogen (secondary N) is 2. The molecule has 0 saturated carbocycles. The highest BCUT2D eigenvalue weighted by Gasteiger charge is 2.27. The number of aromatic amines is 1. The highest BCUT2D eigenvalue weighted by molar-refractivity contribution is 9.11. The van der Waals surface area contributed by atoms with Gasteiger partial charge in [0.2, 0.25) is 0 Å². The molecular weight excluding hydrogens is 406 g/mol. The van der Waals surface area contributed by atoms with Crippen LogP contribution >= 0.6 is 38.9 Å². The molecule has 1 unspecified atom stereocenters.